The summed E-state index contributed by atoms with van der Waals surface area (Å²) in [6.45, 7) is 3.25. The summed E-state index contributed by atoms with van der Waals surface area (Å²) in [5.74, 6) is 0.605. The van der Waals surface area contributed by atoms with E-state index in [0.717, 1.165) is 31.0 Å². The molecule has 17 heavy (non-hydrogen) atoms. The third-order valence-corrected chi connectivity index (χ3v) is 4.50. The first-order chi connectivity index (χ1) is 8.26. The van der Waals surface area contributed by atoms with Gasteiger partial charge in [0, 0.05) is 11.5 Å². The lowest BCUT2D eigenvalue weighted by Gasteiger charge is -2.17. The normalized spacial score (nSPS) is 31.5. The average molecular weight is 233 g/mol. The van der Waals surface area contributed by atoms with Crippen LogP contribution >= 0.6 is 0 Å². The third kappa shape index (κ3) is 1.99. The van der Waals surface area contributed by atoms with Crippen LogP contribution in [0, 0.1) is 11.7 Å². The van der Waals surface area contributed by atoms with Gasteiger partial charge in [-0.3, -0.25) is 0 Å². The molecule has 2 heteroatoms. The van der Waals surface area contributed by atoms with Gasteiger partial charge >= 0.3 is 0 Å². The van der Waals surface area contributed by atoms with Crippen LogP contribution in [0.5, 0.6) is 0 Å². The SMILES string of the molecule is CCC1(c2ccccc2F)CC1CNC1CC1. The molecule has 2 fully saturated rings. The number of rotatable bonds is 5. The van der Waals surface area contributed by atoms with Gasteiger partial charge in [-0.05, 0) is 49.8 Å². The van der Waals surface area contributed by atoms with Crippen LogP contribution < -0.4 is 5.32 Å². The van der Waals surface area contributed by atoms with Crippen molar-refractivity contribution in [3.05, 3.63) is 35.6 Å². The number of hydrogen-bond acceptors (Lipinski definition) is 1. The maximum Gasteiger partial charge on any atom is 0.126 e. The fourth-order valence-electron chi connectivity index (χ4n) is 3.06. The molecule has 3 rings (SSSR count). The van der Waals surface area contributed by atoms with E-state index >= 15 is 0 Å². The molecule has 0 radical (unpaired) electrons. The highest BCUT2D eigenvalue weighted by Gasteiger charge is 2.54. The summed E-state index contributed by atoms with van der Waals surface area (Å²) in [5, 5.41) is 3.57. The van der Waals surface area contributed by atoms with E-state index in [1.54, 1.807) is 12.1 Å². The number of benzene rings is 1. The molecule has 1 aromatic rings. The molecule has 2 unspecified atom stereocenters. The minimum atomic E-state index is -0.0247. The first-order valence-electron chi connectivity index (χ1n) is 6.74. The zero-order valence-electron chi connectivity index (χ0n) is 10.4. The summed E-state index contributed by atoms with van der Waals surface area (Å²) in [4.78, 5) is 0. The average Bonchev–Trinajstić information content (AvgIpc) is 3.23. The lowest BCUT2D eigenvalue weighted by atomic mass is 9.90. The van der Waals surface area contributed by atoms with E-state index in [0.29, 0.717) is 5.92 Å². The van der Waals surface area contributed by atoms with Gasteiger partial charge in [0.1, 0.15) is 5.82 Å². The number of hydrogen-bond donors (Lipinski definition) is 1. The molecule has 0 saturated heterocycles. The summed E-state index contributed by atoms with van der Waals surface area (Å²) in [6, 6.07) is 8.05. The van der Waals surface area contributed by atoms with Crippen molar-refractivity contribution in [3.8, 4) is 0 Å². The molecule has 2 aliphatic rings. The molecule has 0 spiro atoms. The molecular weight excluding hydrogens is 213 g/mol. The van der Waals surface area contributed by atoms with Crippen LogP contribution in [0.15, 0.2) is 24.3 Å². The minimum absolute atomic E-state index is 0.0247. The van der Waals surface area contributed by atoms with Crippen molar-refractivity contribution in [1.29, 1.82) is 0 Å². The number of nitrogens with one attached hydrogen (secondary N) is 1. The Labute approximate surface area is 102 Å². The molecular formula is C15H20FN. The van der Waals surface area contributed by atoms with E-state index in [9.17, 15) is 4.39 Å². The quantitative estimate of drug-likeness (QED) is 0.823. The van der Waals surface area contributed by atoms with Gasteiger partial charge in [-0.1, -0.05) is 25.1 Å². The summed E-state index contributed by atoms with van der Waals surface area (Å²) < 4.78 is 13.9. The lowest BCUT2D eigenvalue weighted by Crippen LogP contribution is -2.23. The summed E-state index contributed by atoms with van der Waals surface area (Å²) in [5.41, 5.74) is 1.05. The van der Waals surface area contributed by atoms with Crippen molar-refractivity contribution in [2.75, 3.05) is 6.54 Å². The van der Waals surface area contributed by atoms with E-state index in [-0.39, 0.29) is 11.2 Å². The Balaban J connectivity index is 1.73. The smallest absolute Gasteiger partial charge is 0.126 e. The largest absolute Gasteiger partial charge is 0.314 e. The van der Waals surface area contributed by atoms with Crippen LogP contribution in [-0.4, -0.2) is 12.6 Å². The van der Waals surface area contributed by atoms with Gasteiger partial charge in [0.25, 0.3) is 0 Å². The van der Waals surface area contributed by atoms with E-state index in [2.05, 4.69) is 12.2 Å². The van der Waals surface area contributed by atoms with Crippen molar-refractivity contribution in [3.63, 3.8) is 0 Å². The van der Waals surface area contributed by atoms with Crippen LogP contribution in [0.4, 0.5) is 4.39 Å². The second-order valence-electron chi connectivity index (χ2n) is 5.57. The predicted octanol–water partition coefficient (Wildman–Crippen LogP) is 3.25. The van der Waals surface area contributed by atoms with Gasteiger partial charge in [-0.25, -0.2) is 4.39 Å². The van der Waals surface area contributed by atoms with Crippen molar-refractivity contribution < 1.29 is 4.39 Å². The Morgan fingerprint density at radius 1 is 1.35 bits per heavy atom. The van der Waals surface area contributed by atoms with Crippen LogP contribution in [0.3, 0.4) is 0 Å². The predicted molar refractivity (Wildman–Crippen MR) is 67.5 cm³/mol. The molecule has 2 atom stereocenters. The van der Waals surface area contributed by atoms with Gasteiger partial charge in [0.15, 0.2) is 0 Å². The van der Waals surface area contributed by atoms with Crippen molar-refractivity contribution in [1.82, 2.24) is 5.32 Å². The second kappa shape index (κ2) is 4.09. The monoisotopic (exact) mass is 233 g/mol. The molecule has 2 saturated carbocycles. The Morgan fingerprint density at radius 3 is 2.76 bits per heavy atom. The lowest BCUT2D eigenvalue weighted by molar-refractivity contribution is 0.506. The van der Waals surface area contributed by atoms with Crippen LogP contribution in [0.25, 0.3) is 0 Å². The first kappa shape index (κ1) is 11.2. The van der Waals surface area contributed by atoms with Crippen LogP contribution in [0.2, 0.25) is 0 Å². The van der Waals surface area contributed by atoms with Crippen molar-refractivity contribution in [2.24, 2.45) is 5.92 Å². The van der Waals surface area contributed by atoms with Gasteiger partial charge in [-0.2, -0.15) is 0 Å². The molecule has 0 aliphatic heterocycles. The molecule has 0 aromatic heterocycles. The molecule has 92 valence electrons. The Kier molecular flexibility index (Phi) is 2.70. The maximum atomic E-state index is 13.9. The highest BCUT2D eigenvalue weighted by Crippen LogP contribution is 2.57. The molecule has 0 heterocycles. The number of halogens is 1. The molecule has 2 aliphatic carbocycles. The van der Waals surface area contributed by atoms with E-state index < -0.39 is 0 Å². The highest BCUT2D eigenvalue weighted by atomic mass is 19.1. The van der Waals surface area contributed by atoms with Gasteiger partial charge in [0.05, 0.1) is 0 Å². The first-order valence-corrected chi connectivity index (χ1v) is 6.74. The Hall–Kier alpha value is -0.890. The zero-order chi connectivity index (χ0) is 11.9. The molecule has 0 amide bonds. The van der Waals surface area contributed by atoms with Gasteiger partial charge < -0.3 is 5.32 Å². The fraction of sp³-hybridized carbons (Fsp3) is 0.600. The van der Waals surface area contributed by atoms with E-state index in [1.807, 2.05) is 12.1 Å². The molecule has 0 bridgehead atoms. The van der Waals surface area contributed by atoms with Crippen molar-refractivity contribution >= 4 is 0 Å². The standard InChI is InChI=1S/C15H20FN/c1-2-15(13-5-3-4-6-14(13)16)9-11(15)10-17-12-7-8-12/h3-6,11-12,17H,2,7-10H2,1H3. The van der Waals surface area contributed by atoms with Gasteiger partial charge in [0.2, 0.25) is 0 Å². The second-order valence-corrected chi connectivity index (χ2v) is 5.57. The van der Waals surface area contributed by atoms with E-state index in [1.165, 1.54) is 12.8 Å². The van der Waals surface area contributed by atoms with Crippen LogP contribution in [-0.2, 0) is 5.41 Å². The van der Waals surface area contributed by atoms with Crippen molar-refractivity contribution in [2.45, 2.75) is 44.1 Å². The Morgan fingerprint density at radius 2 is 2.12 bits per heavy atom. The zero-order valence-corrected chi connectivity index (χ0v) is 10.4. The highest BCUT2D eigenvalue weighted by molar-refractivity contribution is 5.35. The third-order valence-electron chi connectivity index (χ3n) is 4.50. The molecule has 1 aromatic carbocycles. The topological polar surface area (TPSA) is 12.0 Å². The summed E-state index contributed by atoms with van der Waals surface area (Å²) in [6.07, 6.45) is 4.84. The molecule has 1 nitrogen and oxygen atoms in total. The Bertz CT molecular complexity index is 413. The maximum absolute atomic E-state index is 13.9. The summed E-state index contributed by atoms with van der Waals surface area (Å²) in [7, 11) is 0. The molecule has 1 N–H and O–H groups in total. The van der Waals surface area contributed by atoms with E-state index in [4.69, 9.17) is 0 Å². The minimum Gasteiger partial charge on any atom is -0.314 e. The van der Waals surface area contributed by atoms with Crippen LogP contribution in [0.1, 0.15) is 38.2 Å². The fourth-order valence-corrected chi connectivity index (χ4v) is 3.06. The van der Waals surface area contributed by atoms with Gasteiger partial charge in [-0.15, -0.1) is 0 Å². The summed E-state index contributed by atoms with van der Waals surface area (Å²) >= 11 is 0.